The summed E-state index contributed by atoms with van der Waals surface area (Å²) in [5, 5.41) is 3.41. The van der Waals surface area contributed by atoms with E-state index in [-0.39, 0.29) is 35.8 Å². The molecule has 1 atom stereocenters. The van der Waals surface area contributed by atoms with Crippen molar-refractivity contribution in [2.45, 2.75) is 19.4 Å². The summed E-state index contributed by atoms with van der Waals surface area (Å²) in [5.74, 6) is 0.0228. The number of benzene rings is 1. The number of hydrogen-bond acceptors (Lipinski definition) is 2. The summed E-state index contributed by atoms with van der Waals surface area (Å²) in [5.41, 5.74) is 6.57. The first-order valence-corrected chi connectivity index (χ1v) is 6.40. The Labute approximate surface area is 140 Å². The normalized spacial score (nSPS) is 12.7. The van der Waals surface area contributed by atoms with Crippen LogP contribution >= 0.6 is 35.6 Å². The molecule has 0 fully saturated rings. The fourth-order valence-electron chi connectivity index (χ4n) is 1.61. The molecular weight excluding hydrogens is 396 g/mol. The standard InChI is InChI=1S/C13H19ClFN3O.HI/c1-9(8-19-2)18-13(16)17-6-5-10-3-4-11(15)7-12(10)14;/h3-4,7,9H,5-6,8H2,1-2H3,(H3,16,17,18);1H. The van der Waals surface area contributed by atoms with E-state index in [4.69, 9.17) is 22.1 Å². The molecule has 0 saturated carbocycles. The molecule has 0 spiro atoms. The second-order valence-corrected chi connectivity index (χ2v) is 4.66. The predicted molar refractivity (Wildman–Crippen MR) is 91.5 cm³/mol. The van der Waals surface area contributed by atoms with Gasteiger partial charge in [-0.25, -0.2) is 4.39 Å². The molecule has 3 N–H and O–H groups in total. The van der Waals surface area contributed by atoms with Crippen molar-refractivity contribution in [1.82, 2.24) is 5.32 Å². The SMILES string of the molecule is COCC(C)NC(N)=NCCc1ccc(F)cc1Cl.I. The van der Waals surface area contributed by atoms with Crippen molar-refractivity contribution in [3.8, 4) is 0 Å². The average Bonchev–Trinajstić information content (AvgIpc) is 2.32. The number of guanidine groups is 1. The Morgan fingerprint density at radius 1 is 1.55 bits per heavy atom. The van der Waals surface area contributed by atoms with Crippen LogP contribution in [-0.2, 0) is 11.2 Å². The molecule has 0 aromatic heterocycles. The van der Waals surface area contributed by atoms with Crippen LogP contribution < -0.4 is 11.1 Å². The number of ether oxygens (including phenoxy) is 1. The minimum atomic E-state index is -0.341. The van der Waals surface area contributed by atoms with Crippen LogP contribution in [0, 0.1) is 5.82 Å². The van der Waals surface area contributed by atoms with Gasteiger partial charge in [0.25, 0.3) is 0 Å². The maximum atomic E-state index is 12.9. The highest BCUT2D eigenvalue weighted by Crippen LogP contribution is 2.17. The van der Waals surface area contributed by atoms with Crippen LogP contribution in [0.5, 0.6) is 0 Å². The lowest BCUT2D eigenvalue weighted by molar-refractivity contribution is 0.179. The molecule has 0 saturated heterocycles. The summed E-state index contributed by atoms with van der Waals surface area (Å²) in [6, 6.07) is 4.43. The molecule has 1 aromatic rings. The molecule has 0 aliphatic carbocycles. The van der Waals surface area contributed by atoms with Crippen LogP contribution in [0.1, 0.15) is 12.5 Å². The zero-order chi connectivity index (χ0) is 14.3. The zero-order valence-corrected chi connectivity index (χ0v) is 14.6. The Kier molecular flexibility index (Phi) is 9.87. The first-order valence-electron chi connectivity index (χ1n) is 6.02. The van der Waals surface area contributed by atoms with Gasteiger partial charge in [-0.1, -0.05) is 17.7 Å². The van der Waals surface area contributed by atoms with Crippen LogP contribution in [-0.4, -0.2) is 32.3 Å². The maximum Gasteiger partial charge on any atom is 0.188 e. The van der Waals surface area contributed by atoms with Gasteiger partial charge in [0.2, 0.25) is 0 Å². The average molecular weight is 416 g/mol. The lowest BCUT2D eigenvalue weighted by Crippen LogP contribution is -2.40. The molecule has 0 bridgehead atoms. The number of halogens is 3. The molecule has 1 unspecified atom stereocenters. The fraction of sp³-hybridized carbons (Fsp3) is 0.462. The maximum absolute atomic E-state index is 12.9. The molecule has 114 valence electrons. The third kappa shape index (κ3) is 7.25. The second-order valence-electron chi connectivity index (χ2n) is 4.25. The van der Waals surface area contributed by atoms with Gasteiger partial charge < -0.3 is 15.8 Å². The van der Waals surface area contributed by atoms with Crippen LogP contribution in [0.3, 0.4) is 0 Å². The summed E-state index contributed by atoms with van der Waals surface area (Å²) in [7, 11) is 1.63. The molecule has 0 amide bonds. The third-order valence-electron chi connectivity index (χ3n) is 2.49. The molecule has 1 rings (SSSR count). The van der Waals surface area contributed by atoms with E-state index in [1.165, 1.54) is 12.1 Å². The number of nitrogens with two attached hydrogens (primary N) is 1. The minimum Gasteiger partial charge on any atom is -0.383 e. The highest BCUT2D eigenvalue weighted by atomic mass is 127. The highest BCUT2D eigenvalue weighted by Gasteiger charge is 2.03. The Bertz CT molecular complexity index is 446. The quantitative estimate of drug-likeness (QED) is 0.426. The van der Waals surface area contributed by atoms with Crippen LogP contribution in [0.15, 0.2) is 23.2 Å². The Hall–Kier alpha value is -0.600. The largest absolute Gasteiger partial charge is 0.383 e. The monoisotopic (exact) mass is 415 g/mol. The van der Waals surface area contributed by atoms with Crippen molar-refractivity contribution in [1.29, 1.82) is 0 Å². The number of methoxy groups -OCH3 is 1. The van der Waals surface area contributed by atoms with Gasteiger partial charge in [-0.15, -0.1) is 24.0 Å². The van der Waals surface area contributed by atoms with E-state index in [2.05, 4.69) is 10.3 Å². The van der Waals surface area contributed by atoms with E-state index in [1.807, 2.05) is 6.92 Å². The molecule has 0 aliphatic rings. The summed E-state index contributed by atoms with van der Waals surface area (Å²) >= 11 is 5.92. The van der Waals surface area contributed by atoms with Crippen LogP contribution in [0.25, 0.3) is 0 Å². The smallest absolute Gasteiger partial charge is 0.188 e. The molecule has 0 radical (unpaired) electrons. The van der Waals surface area contributed by atoms with Gasteiger partial charge in [0, 0.05) is 24.7 Å². The van der Waals surface area contributed by atoms with Gasteiger partial charge in [0.05, 0.1) is 6.61 Å². The number of aliphatic imine (C=N–C) groups is 1. The van der Waals surface area contributed by atoms with Crippen molar-refractivity contribution >= 4 is 41.5 Å². The topological polar surface area (TPSA) is 59.6 Å². The van der Waals surface area contributed by atoms with Gasteiger partial charge in [0.1, 0.15) is 5.82 Å². The molecule has 20 heavy (non-hydrogen) atoms. The van der Waals surface area contributed by atoms with E-state index >= 15 is 0 Å². The summed E-state index contributed by atoms with van der Waals surface area (Å²) in [6.45, 7) is 2.99. The van der Waals surface area contributed by atoms with Crippen LogP contribution in [0.2, 0.25) is 5.02 Å². The molecule has 0 aliphatic heterocycles. The van der Waals surface area contributed by atoms with Crippen molar-refractivity contribution in [2.24, 2.45) is 10.7 Å². The highest BCUT2D eigenvalue weighted by molar-refractivity contribution is 14.0. The number of nitrogens with zero attached hydrogens (tertiary/aromatic N) is 1. The lowest BCUT2D eigenvalue weighted by Gasteiger charge is -2.13. The minimum absolute atomic E-state index is 0. The molecule has 0 heterocycles. The van der Waals surface area contributed by atoms with E-state index < -0.39 is 0 Å². The zero-order valence-electron chi connectivity index (χ0n) is 11.5. The lowest BCUT2D eigenvalue weighted by atomic mass is 10.1. The Morgan fingerprint density at radius 3 is 2.85 bits per heavy atom. The van der Waals surface area contributed by atoms with Gasteiger partial charge >= 0.3 is 0 Å². The van der Waals surface area contributed by atoms with Crippen molar-refractivity contribution in [3.63, 3.8) is 0 Å². The Morgan fingerprint density at radius 2 is 2.25 bits per heavy atom. The van der Waals surface area contributed by atoms with Crippen molar-refractivity contribution in [3.05, 3.63) is 34.6 Å². The van der Waals surface area contributed by atoms with Gasteiger partial charge in [-0.3, -0.25) is 4.99 Å². The van der Waals surface area contributed by atoms with E-state index in [9.17, 15) is 4.39 Å². The van der Waals surface area contributed by atoms with Crippen LogP contribution in [0.4, 0.5) is 4.39 Å². The van der Waals surface area contributed by atoms with E-state index in [0.29, 0.717) is 30.6 Å². The van der Waals surface area contributed by atoms with E-state index in [0.717, 1.165) is 5.56 Å². The fourth-order valence-corrected chi connectivity index (χ4v) is 1.87. The number of rotatable bonds is 6. The summed E-state index contributed by atoms with van der Waals surface area (Å²) in [6.07, 6.45) is 0.611. The number of nitrogens with one attached hydrogen (secondary N) is 1. The second kappa shape index (κ2) is 10.2. The third-order valence-corrected chi connectivity index (χ3v) is 2.84. The number of hydrogen-bond donors (Lipinski definition) is 2. The van der Waals surface area contributed by atoms with Crippen molar-refractivity contribution < 1.29 is 9.13 Å². The van der Waals surface area contributed by atoms with Crippen molar-refractivity contribution in [2.75, 3.05) is 20.3 Å². The first kappa shape index (κ1) is 19.4. The molecule has 1 aromatic carbocycles. The molecule has 4 nitrogen and oxygen atoms in total. The van der Waals surface area contributed by atoms with Gasteiger partial charge in [-0.2, -0.15) is 0 Å². The van der Waals surface area contributed by atoms with Gasteiger partial charge in [-0.05, 0) is 31.0 Å². The Balaban J connectivity index is 0.00000361. The van der Waals surface area contributed by atoms with E-state index in [1.54, 1.807) is 13.2 Å². The van der Waals surface area contributed by atoms with Gasteiger partial charge in [0.15, 0.2) is 5.96 Å². The summed E-state index contributed by atoms with van der Waals surface area (Å²) in [4.78, 5) is 4.18. The predicted octanol–water partition coefficient (Wildman–Crippen LogP) is 2.58. The summed E-state index contributed by atoms with van der Waals surface area (Å²) < 4.78 is 17.8. The molecule has 7 heteroatoms. The first-order chi connectivity index (χ1) is 9.02. The molecular formula is C13H20ClFIN3O.